The van der Waals surface area contributed by atoms with Crippen LogP contribution in [-0.2, 0) is 16.1 Å². The van der Waals surface area contributed by atoms with Crippen LogP contribution in [0.2, 0.25) is 0 Å². The molecule has 5 nitrogen and oxygen atoms in total. The molecule has 0 saturated carbocycles. The van der Waals surface area contributed by atoms with Crippen molar-refractivity contribution in [3.05, 3.63) is 24.0 Å². The van der Waals surface area contributed by atoms with Crippen LogP contribution in [0.5, 0.6) is 0 Å². The van der Waals surface area contributed by atoms with Crippen molar-refractivity contribution in [3.8, 4) is 0 Å². The summed E-state index contributed by atoms with van der Waals surface area (Å²) in [4.78, 5) is 21.9. The molecule has 0 aliphatic carbocycles. The van der Waals surface area contributed by atoms with Gasteiger partial charge in [-0.05, 0) is 31.9 Å². The summed E-state index contributed by atoms with van der Waals surface area (Å²) in [6, 6.07) is 3.48. The zero-order chi connectivity index (χ0) is 12.7. The summed E-state index contributed by atoms with van der Waals surface area (Å²) >= 11 is 0. The van der Waals surface area contributed by atoms with E-state index in [-0.39, 0.29) is 12.4 Å². The molecule has 0 aromatic carbocycles. The maximum absolute atomic E-state index is 11.5. The third kappa shape index (κ3) is 4.30. The molecule has 0 bridgehead atoms. The van der Waals surface area contributed by atoms with Crippen LogP contribution < -0.4 is 0 Å². The Hall–Kier alpha value is -1.78. The molecule has 1 aromatic heterocycles. The molecule has 0 saturated heterocycles. The van der Waals surface area contributed by atoms with E-state index in [0.29, 0.717) is 25.3 Å². The first kappa shape index (κ1) is 13.3. The lowest BCUT2D eigenvalue weighted by molar-refractivity contribution is -0.137. The zero-order valence-corrected chi connectivity index (χ0v) is 9.89. The van der Waals surface area contributed by atoms with E-state index in [4.69, 9.17) is 9.84 Å². The lowest BCUT2D eigenvalue weighted by Crippen LogP contribution is -2.12. The Bertz CT molecular complexity index is 384. The molecule has 0 spiro atoms. The number of aliphatic carboxylic acids is 1. The van der Waals surface area contributed by atoms with Gasteiger partial charge in [-0.1, -0.05) is 0 Å². The maximum atomic E-state index is 11.5. The Balaban J connectivity index is 2.45. The van der Waals surface area contributed by atoms with Gasteiger partial charge in [-0.2, -0.15) is 0 Å². The highest BCUT2D eigenvalue weighted by atomic mass is 16.5. The number of hydrogen-bond donors (Lipinski definition) is 1. The van der Waals surface area contributed by atoms with E-state index >= 15 is 0 Å². The molecular formula is C12H17NO4. The highest BCUT2D eigenvalue weighted by Gasteiger charge is 2.11. The first-order valence-corrected chi connectivity index (χ1v) is 5.69. The summed E-state index contributed by atoms with van der Waals surface area (Å²) in [6.45, 7) is 2.75. The smallest absolute Gasteiger partial charge is 0.354 e. The van der Waals surface area contributed by atoms with Crippen LogP contribution in [-0.4, -0.2) is 28.2 Å². The fraction of sp³-hybridized carbons (Fsp3) is 0.500. The number of nitrogens with zero attached hydrogens (tertiary/aromatic N) is 1. The summed E-state index contributed by atoms with van der Waals surface area (Å²) in [5.74, 6) is -1.13. The molecule has 5 heteroatoms. The Labute approximate surface area is 100 Å². The van der Waals surface area contributed by atoms with Crippen LogP contribution in [0.4, 0.5) is 0 Å². The van der Waals surface area contributed by atoms with Gasteiger partial charge in [0.2, 0.25) is 0 Å². The van der Waals surface area contributed by atoms with Crippen LogP contribution in [0.1, 0.15) is 36.7 Å². The van der Waals surface area contributed by atoms with Crippen LogP contribution in [0.15, 0.2) is 18.3 Å². The van der Waals surface area contributed by atoms with Crippen LogP contribution >= 0.6 is 0 Å². The Morgan fingerprint density at radius 2 is 2.18 bits per heavy atom. The van der Waals surface area contributed by atoms with Gasteiger partial charge >= 0.3 is 11.9 Å². The molecule has 94 valence electrons. The number of esters is 1. The number of carboxylic acids is 1. The highest BCUT2D eigenvalue weighted by molar-refractivity contribution is 5.87. The molecule has 0 radical (unpaired) electrons. The molecule has 17 heavy (non-hydrogen) atoms. The molecule has 0 aliphatic rings. The number of hydrogen-bond acceptors (Lipinski definition) is 3. The SMILES string of the molecule is CCOC(=O)c1cccn1CCCCC(=O)O. The summed E-state index contributed by atoms with van der Waals surface area (Å²) in [6.07, 6.45) is 3.30. The Kier molecular flexibility index (Phi) is 5.26. The minimum Gasteiger partial charge on any atom is -0.481 e. The van der Waals surface area contributed by atoms with Crippen molar-refractivity contribution in [1.29, 1.82) is 0 Å². The summed E-state index contributed by atoms with van der Waals surface area (Å²) in [5.41, 5.74) is 0.516. The second-order valence-electron chi connectivity index (χ2n) is 3.66. The van der Waals surface area contributed by atoms with Gasteiger partial charge in [-0.3, -0.25) is 4.79 Å². The molecule has 1 N–H and O–H groups in total. The fourth-order valence-electron chi connectivity index (χ4n) is 1.56. The molecule has 0 amide bonds. The molecule has 1 heterocycles. The van der Waals surface area contributed by atoms with Crippen LogP contribution in [0.3, 0.4) is 0 Å². The first-order valence-electron chi connectivity index (χ1n) is 5.69. The normalized spacial score (nSPS) is 10.2. The number of rotatable bonds is 7. The van der Waals surface area contributed by atoms with E-state index in [1.165, 1.54) is 0 Å². The number of unbranched alkanes of at least 4 members (excludes halogenated alkanes) is 1. The summed E-state index contributed by atoms with van der Waals surface area (Å²) in [5, 5.41) is 8.50. The number of carbonyl (C=O) groups excluding carboxylic acids is 1. The van der Waals surface area contributed by atoms with Crippen molar-refractivity contribution in [2.45, 2.75) is 32.7 Å². The van der Waals surface area contributed by atoms with Crippen molar-refractivity contribution in [3.63, 3.8) is 0 Å². The summed E-state index contributed by atoms with van der Waals surface area (Å²) in [7, 11) is 0. The number of ether oxygens (including phenoxy) is 1. The van der Waals surface area contributed by atoms with Gasteiger partial charge in [0.05, 0.1) is 6.61 Å². The van der Waals surface area contributed by atoms with E-state index < -0.39 is 5.97 Å². The molecular weight excluding hydrogens is 222 g/mol. The Morgan fingerprint density at radius 1 is 1.41 bits per heavy atom. The van der Waals surface area contributed by atoms with Crippen LogP contribution in [0, 0.1) is 0 Å². The van der Waals surface area contributed by atoms with Gasteiger partial charge < -0.3 is 14.4 Å². The molecule has 1 rings (SSSR count). The molecule has 0 fully saturated rings. The number of aromatic nitrogens is 1. The van der Waals surface area contributed by atoms with Gasteiger partial charge in [-0.15, -0.1) is 0 Å². The van der Waals surface area contributed by atoms with Crippen molar-refractivity contribution in [2.75, 3.05) is 6.61 Å². The first-order chi connectivity index (χ1) is 8.15. The average molecular weight is 239 g/mol. The van der Waals surface area contributed by atoms with E-state index in [2.05, 4.69) is 0 Å². The number of aryl methyl sites for hydroxylation is 1. The minimum atomic E-state index is -0.789. The number of carbonyl (C=O) groups is 2. The fourth-order valence-corrected chi connectivity index (χ4v) is 1.56. The predicted octanol–water partition coefficient (Wildman–Crippen LogP) is 1.92. The molecule has 0 atom stereocenters. The van der Waals surface area contributed by atoms with Gasteiger partial charge in [0.1, 0.15) is 5.69 Å². The van der Waals surface area contributed by atoms with E-state index in [9.17, 15) is 9.59 Å². The van der Waals surface area contributed by atoms with Crippen molar-refractivity contribution < 1.29 is 19.4 Å². The second-order valence-corrected chi connectivity index (χ2v) is 3.66. The zero-order valence-electron chi connectivity index (χ0n) is 9.89. The van der Waals surface area contributed by atoms with E-state index in [0.717, 1.165) is 6.42 Å². The van der Waals surface area contributed by atoms with Gasteiger partial charge in [0.15, 0.2) is 0 Å². The van der Waals surface area contributed by atoms with E-state index in [1.807, 2.05) is 0 Å². The van der Waals surface area contributed by atoms with Gasteiger partial charge in [-0.25, -0.2) is 4.79 Å². The van der Waals surface area contributed by atoms with Crippen LogP contribution in [0.25, 0.3) is 0 Å². The Morgan fingerprint density at radius 3 is 2.82 bits per heavy atom. The maximum Gasteiger partial charge on any atom is 0.354 e. The predicted molar refractivity (Wildman–Crippen MR) is 61.9 cm³/mol. The van der Waals surface area contributed by atoms with Gasteiger partial charge in [0.25, 0.3) is 0 Å². The van der Waals surface area contributed by atoms with Gasteiger partial charge in [0, 0.05) is 19.2 Å². The third-order valence-corrected chi connectivity index (χ3v) is 2.35. The summed E-state index contributed by atoms with van der Waals surface area (Å²) < 4.78 is 6.71. The molecule has 0 aliphatic heterocycles. The quantitative estimate of drug-likeness (QED) is 0.583. The third-order valence-electron chi connectivity index (χ3n) is 2.35. The van der Waals surface area contributed by atoms with Crippen molar-refractivity contribution in [1.82, 2.24) is 4.57 Å². The highest BCUT2D eigenvalue weighted by Crippen LogP contribution is 2.07. The lowest BCUT2D eigenvalue weighted by atomic mass is 10.2. The largest absolute Gasteiger partial charge is 0.481 e. The standard InChI is InChI=1S/C12H17NO4/c1-2-17-12(16)10-6-5-9-13(10)8-4-3-7-11(14)15/h5-6,9H,2-4,7-8H2,1H3,(H,14,15). The monoisotopic (exact) mass is 239 g/mol. The topological polar surface area (TPSA) is 68.5 Å². The molecule has 1 aromatic rings. The lowest BCUT2D eigenvalue weighted by Gasteiger charge is -2.07. The minimum absolute atomic E-state index is 0.163. The second kappa shape index (κ2) is 6.73. The van der Waals surface area contributed by atoms with Crippen molar-refractivity contribution in [2.24, 2.45) is 0 Å². The van der Waals surface area contributed by atoms with Crippen molar-refractivity contribution >= 4 is 11.9 Å². The molecule has 0 unspecified atom stereocenters. The number of carboxylic acid groups (broad SMARTS) is 1. The average Bonchev–Trinajstić information content (AvgIpc) is 2.72. The van der Waals surface area contributed by atoms with E-state index in [1.54, 1.807) is 29.8 Å².